The molecule has 1 aromatic heterocycles. The Morgan fingerprint density at radius 3 is 2.78 bits per heavy atom. The first-order valence-electron chi connectivity index (χ1n) is 8.89. The molecular formula is C20H24N2O5. The van der Waals surface area contributed by atoms with E-state index in [1.54, 1.807) is 31.4 Å². The molecule has 0 bridgehead atoms. The zero-order valence-corrected chi connectivity index (χ0v) is 15.6. The largest absolute Gasteiger partial charge is 0.493 e. The summed E-state index contributed by atoms with van der Waals surface area (Å²) in [7, 11) is 3.19. The Labute approximate surface area is 158 Å². The minimum absolute atomic E-state index is 0.0218. The molecule has 0 saturated carbocycles. The number of ether oxygens (including phenoxy) is 2. The Kier molecular flexibility index (Phi) is 6.01. The van der Waals surface area contributed by atoms with Crippen LogP contribution in [0, 0.1) is 5.92 Å². The van der Waals surface area contributed by atoms with E-state index in [4.69, 9.17) is 13.9 Å². The van der Waals surface area contributed by atoms with Gasteiger partial charge in [-0.2, -0.15) is 0 Å². The number of amides is 2. The first-order chi connectivity index (χ1) is 13.1. The van der Waals surface area contributed by atoms with Gasteiger partial charge < -0.3 is 24.1 Å². The molecule has 2 aromatic rings. The Bertz CT molecular complexity index is 788. The van der Waals surface area contributed by atoms with Gasteiger partial charge in [0.25, 0.3) is 0 Å². The van der Waals surface area contributed by atoms with Gasteiger partial charge in [-0.1, -0.05) is 6.07 Å². The highest BCUT2D eigenvalue weighted by molar-refractivity contribution is 5.89. The van der Waals surface area contributed by atoms with Gasteiger partial charge in [-0.3, -0.25) is 9.59 Å². The minimum atomic E-state index is -0.321. The maximum Gasteiger partial charge on any atom is 0.225 e. The number of methoxy groups -OCH3 is 2. The number of benzene rings is 1. The molecule has 3 rings (SSSR count). The van der Waals surface area contributed by atoms with Crippen LogP contribution in [0.15, 0.2) is 41.0 Å². The first-order valence-corrected chi connectivity index (χ1v) is 8.89. The molecule has 0 aliphatic carbocycles. The van der Waals surface area contributed by atoms with Crippen molar-refractivity contribution in [2.24, 2.45) is 5.92 Å². The molecule has 1 aliphatic rings. The Morgan fingerprint density at radius 1 is 1.26 bits per heavy atom. The molecule has 1 saturated heterocycles. The van der Waals surface area contributed by atoms with Crippen molar-refractivity contribution in [1.82, 2.24) is 10.2 Å². The van der Waals surface area contributed by atoms with Crippen LogP contribution in [-0.2, 0) is 22.6 Å². The third kappa shape index (κ3) is 4.61. The third-order valence-corrected chi connectivity index (χ3v) is 4.67. The maximum absolute atomic E-state index is 12.4. The lowest BCUT2D eigenvalue weighted by atomic mass is 10.1. The number of likely N-dealkylation sites (tertiary alicyclic amines) is 1. The first kappa shape index (κ1) is 18.8. The Morgan fingerprint density at radius 2 is 2.07 bits per heavy atom. The van der Waals surface area contributed by atoms with E-state index in [9.17, 15) is 9.59 Å². The molecule has 1 N–H and O–H groups in total. The molecule has 1 aromatic carbocycles. The summed E-state index contributed by atoms with van der Waals surface area (Å²) in [5, 5.41) is 2.93. The topological polar surface area (TPSA) is 81.0 Å². The van der Waals surface area contributed by atoms with Crippen molar-refractivity contribution in [3.63, 3.8) is 0 Å². The van der Waals surface area contributed by atoms with Gasteiger partial charge in [0.05, 0.1) is 32.9 Å². The van der Waals surface area contributed by atoms with Crippen molar-refractivity contribution in [3.8, 4) is 11.5 Å². The zero-order chi connectivity index (χ0) is 19.2. The number of nitrogens with one attached hydrogen (secondary N) is 1. The van der Waals surface area contributed by atoms with Gasteiger partial charge in [0.1, 0.15) is 5.76 Å². The highest BCUT2D eigenvalue weighted by Gasteiger charge is 2.34. The van der Waals surface area contributed by atoms with Crippen LogP contribution in [0.5, 0.6) is 11.5 Å². The van der Waals surface area contributed by atoms with Crippen LogP contribution < -0.4 is 14.8 Å². The number of hydrogen-bond donors (Lipinski definition) is 1. The fraction of sp³-hybridized carbons (Fsp3) is 0.400. The van der Waals surface area contributed by atoms with Crippen LogP contribution in [0.4, 0.5) is 0 Å². The van der Waals surface area contributed by atoms with Crippen LogP contribution in [0.2, 0.25) is 0 Å². The van der Waals surface area contributed by atoms with Crippen LogP contribution in [0.25, 0.3) is 0 Å². The second kappa shape index (κ2) is 8.62. The number of rotatable bonds is 8. The van der Waals surface area contributed by atoms with Crippen LogP contribution in [0.1, 0.15) is 17.7 Å². The van der Waals surface area contributed by atoms with Gasteiger partial charge >= 0.3 is 0 Å². The predicted octanol–water partition coefficient (Wildman–Crippen LogP) is 2.00. The summed E-state index contributed by atoms with van der Waals surface area (Å²) < 4.78 is 15.8. The molecule has 7 heteroatoms. The van der Waals surface area contributed by atoms with Crippen molar-refractivity contribution < 1.29 is 23.5 Å². The van der Waals surface area contributed by atoms with Gasteiger partial charge in [0, 0.05) is 19.5 Å². The van der Waals surface area contributed by atoms with E-state index in [0.29, 0.717) is 37.6 Å². The summed E-state index contributed by atoms with van der Waals surface area (Å²) in [4.78, 5) is 26.2. The molecule has 144 valence electrons. The van der Waals surface area contributed by atoms with Gasteiger partial charge in [-0.05, 0) is 36.2 Å². The minimum Gasteiger partial charge on any atom is -0.493 e. The van der Waals surface area contributed by atoms with E-state index in [-0.39, 0.29) is 24.2 Å². The van der Waals surface area contributed by atoms with E-state index in [2.05, 4.69) is 5.32 Å². The van der Waals surface area contributed by atoms with Gasteiger partial charge in [0.15, 0.2) is 11.5 Å². The molecule has 1 atom stereocenters. The molecule has 7 nitrogen and oxygen atoms in total. The van der Waals surface area contributed by atoms with Crippen LogP contribution in [0.3, 0.4) is 0 Å². The van der Waals surface area contributed by atoms with Gasteiger partial charge in [-0.15, -0.1) is 0 Å². The van der Waals surface area contributed by atoms with Gasteiger partial charge in [0.2, 0.25) is 11.8 Å². The van der Waals surface area contributed by atoms with E-state index >= 15 is 0 Å². The molecule has 27 heavy (non-hydrogen) atoms. The fourth-order valence-electron chi connectivity index (χ4n) is 3.20. The second-order valence-electron chi connectivity index (χ2n) is 6.49. The summed E-state index contributed by atoms with van der Waals surface area (Å²) in [5.41, 5.74) is 1.04. The lowest BCUT2D eigenvalue weighted by Crippen LogP contribution is -2.34. The number of hydrogen-bond acceptors (Lipinski definition) is 5. The van der Waals surface area contributed by atoms with Crippen molar-refractivity contribution in [3.05, 3.63) is 47.9 Å². The SMILES string of the molecule is COc1ccc(CCNC(=O)[C@@H]2CC(=O)N(Cc3ccco3)C2)cc1OC. The molecule has 1 aliphatic heterocycles. The maximum atomic E-state index is 12.4. The average molecular weight is 372 g/mol. The highest BCUT2D eigenvalue weighted by Crippen LogP contribution is 2.27. The fourth-order valence-corrected chi connectivity index (χ4v) is 3.20. The molecule has 2 amide bonds. The van der Waals surface area contributed by atoms with Crippen LogP contribution >= 0.6 is 0 Å². The highest BCUT2D eigenvalue weighted by atomic mass is 16.5. The molecule has 0 spiro atoms. The smallest absolute Gasteiger partial charge is 0.225 e. The Hall–Kier alpha value is -2.96. The lowest BCUT2D eigenvalue weighted by molar-refractivity contribution is -0.129. The molecule has 0 unspecified atom stereocenters. The number of carbonyl (C=O) groups is 2. The average Bonchev–Trinajstić information content (AvgIpc) is 3.32. The van der Waals surface area contributed by atoms with E-state index in [0.717, 1.165) is 11.3 Å². The van der Waals surface area contributed by atoms with Crippen molar-refractivity contribution in [2.75, 3.05) is 27.3 Å². The summed E-state index contributed by atoms with van der Waals surface area (Å²) >= 11 is 0. The summed E-state index contributed by atoms with van der Waals surface area (Å²) in [5.74, 6) is 1.62. The third-order valence-electron chi connectivity index (χ3n) is 4.67. The van der Waals surface area contributed by atoms with Crippen LogP contribution in [-0.4, -0.2) is 44.0 Å². The molecule has 0 radical (unpaired) electrons. The zero-order valence-electron chi connectivity index (χ0n) is 15.6. The lowest BCUT2D eigenvalue weighted by Gasteiger charge is -2.15. The summed E-state index contributed by atoms with van der Waals surface area (Å²) in [6.07, 6.45) is 2.49. The van der Waals surface area contributed by atoms with E-state index in [1.807, 2.05) is 24.3 Å². The molecule has 1 fully saturated rings. The number of furan rings is 1. The molecular weight excluding hydrogens is 348 g/mol. The summed E-state index contributed by atoms with van der Waals surface area (Å²) in [6.45, 7) is 1.32. The van der Waals surface area contributed by atoms with E-state index < -0.39 is 0 Å². The summed E-state index contributed by atoms with van der Waals surface area (Å²) in [6, 6.07) is 9.29. The van der Waals surface area contributed by atoms with Crippen molar-refractivity contribution >= 4 is 11.8 Å². The normalized spacial score (nSPS) is 16.4. The molecule has 2 heterocycles. The van der Waals surface area contributed by atoms with E-state index in [1.165, 1.54) is 0 Å². The monoisotopic (exact) mass is 372 g/mol. The van der Waals surface area contributed by atoms with Crippen molar-refractivity contribution in [2.45, 2.75) is 19.4 Å². The number of nitrogens with zero attached hydrogens (tertiary/aromatic N) is 1. The van der Waals surface area contributed by atoms with Gasteiger partial charge in [-0.25, -0.2) is 0 Å². The van der Waals surface area contributed by atoms with Crippen molar-refractivity contribution in [1.29, 1.82) is 0 Å². The predicted molar refractivity (Wildman–Crippen MR) is 98.5 cm³/mol. The second-order valence-corrected chi connectivity index (χ2v) is 6.49. The standard InChI is InChI=1S/C20H24N2O5/c1-25-17-6-5-14(10-18(17)26-2)7-8-21-20(24)15-11-19(23)22(12-15)13-16-4-3-9-27-16/h3-6,9-10,15H,7-8,11-13H2,1-2H3,(H,21,24)/t15-/m1/s1. The Balaban J connectivity index is 1.47. The number of carbonyl (C=O) groups excluding carboxylic acids is 2. The quantitative estimate of drug-likeness (QED) is 0.767.